The van der Waals surface area contributed by atoms with Gasteiger partial charge in [0, 0.05) is 12.6 Å². The average Bonchev–Trinajstić information content (AvgIpc) is 3.18. The highest BCUT2D eigenvalue weighted by Crippen LogP contribution is 2.21. The number of ether oxygens (including phenoxy) is 1. The predicted octanol–water partition coefficient (Wildman–Crippen LogP) is 4.18. The lowest BCUT2D eigenvalue weighted by molar-refractivity contribution is -0.114. The van der Waals surface area contributed by atoms with E-state index in [9.17, 15) is 14.4 Å². The maximum Gasteiger partial charge on any atom is 0.345 e. The van der Waals surface area contributed by atoms with E-state index in [4.69, 9.17) is 4.74 Å². The quantitative estimate of drug-likeness (QED) is 0.514. The van der Waals surface area contributed by atoms with Gasteiger partial charge in [-0.15, -0.1) is 11.3 Å². The molecule has 0 bridgehead atoms. The molecule has 0 spiro atoms. The van der Waals surface area contributed by atoms with Gasteiger partial charge in [-0.25, -0.2) is 4.79 Å². The Balaban J connectivity index is 1.73. The molecule has 2 amide bonds. The molecule has 0 unspecified atom stereocenters. The fraction of sp³-hybridized carbons (Fsp3) is 0.0500. The molecule has 0 saturated heterocycles. The third kappa shape index (κ3) is 4.80. The van der Waals surface area contributed by atoms with Crippen LogP contribution in [0.3, 0.4) is 0 Å². The van der Waals surface area contributed by atoms with Crippen LogP contribution in [0.4, 0.5) is 11.4 Å². The Hall–Kier alpha value is -3.45. The molecular weight excluding hydrogens is 364 g/mol. The van der Waals surface area contributed by atoms with Crippen LogP contribution < -0.4 is 15.4 Å². The molecular formula is C20H16N2O4S. The molecule has 3 rings (SSSR count). The molecule has 0 aliphatic rings. The average molecular weight is 380 g/mol. The number of para-hydroxylation sites is 1. The number of carbonyl (C=O) groups is 3. The molecule has 0 fully saturated rings. The van der Waals surface area contributed by atoms with Crippen LogP contribution in [-0.4, -0.2) is 17.8 Å². The minimum atomic E-state index is -0.593. The number of hydrogen-bond acceptors (Lipinski definition) is 5. The van der Waals surface area contributed by atoms with Crippen molar-refractivity contribution in [2.75, 3.05) is 10.6 Å². The number of esters is 1. The Morgan fingerprint density at radius 3 is 2.30 bits per heavy atom. The smallest absolute Gasteiger partial charge is 0.345 e. The van der Waals surface area contributed by atoms with Crippen LogP contribution in [0.25, 0.3) is 0 Å². The first-order chi connectivity index (χ1) is 13.0. The van der Waals surface area contributed by atoms with Crippen molar-refractivity contribution in [2.24, 2.45) is 0 Å². The van der Waals surface area contributed by atoms with Gasteiger partial charge >= 0.3 is 5.97 Å². The summed E-state index contributed by atoms with van der Waals surface area (Å²) in [5.74, 6) is -0.738. The summed E-state index contributed by atoms with van der Waals surface area (Å²) in [4.78, 5) is 36.4. The van der Waals surface area contributed by atoms with E-state index in [0.717, 1.165) is 0 Å². The molecule has 6 nitrogen and oxygen atoms in total. The maximum atomic E-state index is 12.5. The van der Waals surface area contributed by atoms with Crippen molar-refractivity contribution in [3.63, 3.8) is 0 Å². The van der Waals surface area contributed by atoms with Crippen molar-refractivity contribution < 1.29 is 19.1 Å². The molecule has 0 radical (unpaired) electrons. The maximum absolute atomic E-state index is 12.5. The normalized spacial score (nSPS) is 10.1. The van der Waals surface area contributed by atoms with Crippen LogP contribution in [-0.2, 0) is 4.79 Å². The van der Waals surface area contributed by atoms with Crippen LogP contribution in [0.15, 0.2) is 66.0 Å². The number of thiophene rings is 1. The first kappa shape index (κ1) is 18.3. The fourth-order valence-corrected chi connectivity index (χ4v) is 2.95. The SMILES string of the molecule is CC(=O)Nc1ccc(OC(=O)c2ccccc2NC(=O)c2cccs2)cc1. The third-order valence-electron chi connectivity index (χ3n) is 3.53. The molecule has 27 heavy (non-hydrogen) atoms. The van der Waals surface area contributed by atoms with Crippen molar-refractivity contribution in [1.29, 1.82) is 0 Å². The summed E-state index contributed by atoms with van der Waals surface area (Å²) in [6.07, 6.45) is 0. The lowest BCUT2D eigenvalue weighted by atomic mass is 10.1. The first-order valence-corrected chi connectivity index (χ1v) is 8.94. The van der Waals surface area contributed by atoms with Gasteiger partial charge < -0.3 is 15.4 Å². The summed E-state index contributed by atoms with van der Waals surface area (Å²) in [5, 5.41) is 7.17. The van der Waals surface area contributed by atoms with Gasteiger partial charge in [0.1, 0.15) is 5.75 Å². The molecule has 136 valence electrons. The number of carbonyl (C=O) groups excluding carboxylic acids is 3. The molecule has 0 aliphatic heterocycles. The second kappa shape index (κ2) is 8.29. The minimum absolute atomic E-state index is 0.185. The standard InChI is InChI=1S/C20H16N2O4S/c1-13(23)21-14-8-10-15(11-9-14)26-20(25)16-5-2-3-6-17(16)22-19(24)18-7-4-12-27-18/h2-12H,1H3,(H,21,23)(H,22,24). The lowest BCUT2D eigenvalue weighted by Crippen LogP contribution is -2.16. The van der Waals surface area contributed by atoms with Gasteiger partial charge in [0.25, 0.3) is 5.91 Å². The Morgan fingerprint density at radius 1 is 0.889 bits per heavy atom. The van der Waals surface area contributed by atoms with E-state index >= 15 is 0 Å². The topological polar surface area (TPSA) is 84.5 Å². The highest BCUT2D eigenvalue weighted by molar-refractivity contribution is 7.12. The molecule has 1 heterocycles. The number of hydrogen-bond donors (Lipinski definition) is 2. The van der Waals surface area contributed by atoms with Gasteiger partial charge in [-0.05, 0) is 47.8 Å². The van der Waals surface area contributed by atoms with Crippen LogP contribution in [0, 0.1) is 0 Å². The minimum Gasteiger partial charge on any atom is -0.423 e. The first-order valence-electron chi connectivity index (χ1n) is 8.06. The molecule has 0 atom stereocenters. The Bertz CT molecular complexity index is 966. The lowest BCUT2D eigenvalue weighted by Gasteiger charge is -2.10. The van der Waals surface area contributed by atoms with Crippen molar-refractivity contribution >= 4 is 40.5 Å². The molecule has 7 heteroatoms. The molecule has 1 aromatic heterocycles. The molecule has 2 N–H and O–H groups in total. The number of amides is 2. The van der Waals surface area contributed by atoms with E-state index in [-0.39, 0.29) is 17.4 Å². The van der Waals surface area contributed by atoms with Gasteiger partial charge in [0.15, 0.2) is 0 Å². The van der Waals surface area contributed by atoms with Crippen LogP contribution >= 0.6 is 11.3 Å². The Morgan fingerprint density at radius 2 is 1.63 bits per heavy atom. The second-order valence-corrected chi connectivity index (χ2v) is 6.52. The summed E-state index contributed by atoms with van der Waals surface area (Å²) in [6, 6.07) is 16.6. The molecule has 3 aromatic rings. The van der Waals surface area contributed by atoms with Gasteiger partial charge in [-0.2, -0.15) is 0 Å². The highest BCUT2D eigenvalue weighted by Gasteiger charge is 2.16. The zero-order chi connectivity index (χ0) is 19.2. The van der Waals surface area contributed by atoms with Crippen molar-refractivity contribution in [3.8, 4) is 5.75 Å². The van der Waals surface area contributed by atoms with E-state index in [1.165, 1.54) is 18.3 Å². The van der Waals surface area contributed by atoms with E-state index in [1.54, 1.807) is 66.0 Å². The van der Waals surface area contributed by atoms with Crippen molar-refractivity contribution in [2.45, 2.75) is 6.92 Å². The number of benzene rings is 2. The molecule has 0 aliphatic carbocycles. The highest BCUT2D eigenvalue weighted by atomic mass is 32.1. The summed E-state index contributed by atoms with van der Waals surface area (Å²) in [7, 11) is 0. The molecule has 0 saturated carbocycles. The van der Waals surface area contributed by atoms with Gasteiger partial charge in [-0.3, -0.25) is 9.59 Å². The zero-order valence-electron chi connectivity index (χ0n) is 14.4. The largest absolute Gasteiger partial charge is 0.423 e. The van der Waals surface area contributed by atoms with Gasteiger partial charge in [0.05, 0.1) is 16.1 Å². The number of rotatable bonds is 5. The summed E-state index contributed by atoms with van der Waals surface area (Å²) >= 11 is 1.31. The van der Waals surface area contributed by atoms with Crippen LogP contribution in [0.5, 0.6) is 5.75 Å². The second-order valence-electron chi connectivity index (χ2n) is 5.57. The third-order valence-corrected chi connectivity index (χ3v) is 4.39. The van der Waals surface area contributed by atoms with E-state index < -0.39 is 5.97 Å². The van der Waals surface area contributed by atoms with Gasteiger partial charge in [0.2, 0.25) is 5.91 Å². The fourth-order valence-electron chi connectivity index (χ4n) is 2.33. The zero-order valence-corrected chi connectivity index (χ0v) is 15.2. The summed E-state index contributed by atoms with van der Waals surface area (Å²) in [6.45, 7) is 1.41. The van der Waals surface area contributed by atoms with E-state index in [0.29, 0.717) is 22.0 Å². The Kier molecular flexibility index (Phi) is 5.63. The summed E-state index contributed by atoms with van der Waals surface area (Å²) in [5.41, 5.74) is 1.22. The number of nitrogens with one attached hydrogen (secondary N) is 2. The summed E-state index contributed by atoms with van der Waals surface area (Å²) < 4.78 is 5.37. The van der Waals surface area contributed by atoms with E-state index in [2.05, 4.69) is 10.6 Å². The van der Waals surface area contributed by atoms with Crippen LogP contribution in [0.1, 0.15) is 27.0 Å². The van der Waals surface area contributed by atoms with E-state index in [1.807, 2.05) is 0 Å². The monoisotopic (exact) mass is 380 g/mol. The molecule has 2 aromatic carbocycles. The predicted molar refractivity (Wildman–Crippen MR) is 104 cm³/mol. The number of anilines is 2. The van der Waals surface area contributed by atoms with Crippen molar-refractivity contribution in [3.05, 3.63) is 76.5 Å². The van der Waals surface area contributed by atoms with Gasteiger partial charge in [-0.1, -0.05) is 18.2 Å². The Labute approximate surface area is 159 Å². The van der Waals surface area contributed by atoms with Crippen LogP contribution in [0.2, 0.25) is 0 Å². The van der Waals surface area contributed by atoms with Crippen molar-refractivity contribution in [1.82, 2.24) is 0 Å².